The third-order valence-electron chi connectivity index (χ3n) is 2.44. The number of nitrogens with zero attached hydrogens (tertiary/aromatic N) is 3. The van der Waals surface area contributed by atoms with Crippen LogP contribution in [0.2, 0.25) is 0 Å². The van der Waals surface area contributed by atoms with Crippen LogP contribution in [0.15, 0.2) is 35.3 Å². The summed E-state index contributed by atoms with van der Waals surface area (Å²) in [6, 6.07) is 2.07. The van der Waals surface area contributed by atoms with Crippen molar-refractivity contribution in [2.45, 2.75) is 13.0 Å². The van der Waals surface area contributed by atoms with Crippen LogP contribution in [0.4, 0.5) is 0 Å². The highest BCUT2D eigenvalue weighted by molar-refractivity contribution is 9.10. The lowest BCUT2D eigenvalue weighted by Gasteiger charge is -2.03. The quantitative estimate of drug-likeness (QED) is 0.857. The number of pyridine rings is 1. The predicted molar refractivity (Wildman–Crippen MR) is 70.6 cm³/mol. The minimum atomic E-state index is 0.840. The Balaban J connectivity index is 1.73. The molecule has 0 saturated heterocycles. The van der Waals surface area contributed by atoms with Crippen molar-refractivity contribution in [3.8, 4) is 0 Å². The van der Waals surface area contributed by atoms with Crippen LogP contribution in [0.1, 0.15) is 11.1 Å². The first-order valence-electron chi connectivity index (χ1n) is 5.52. The van der Waals surface area contributed by atoms with E-state index < -0.39 is 0 Å². The van der Waals surface area contributed by atoms with E-state index in [1.54, 1.807) is 6.20 Å². The molecular weight excluding hydrogens is 280 g/mol. The van der Waals surface area contributed by atoms with Gasteiger partial charge in [0.05, 0.1) is 6.20 Å². The normalized spacial score (nSPS) is 10.7. The lowest BCUT2D eigenvalue weighted by atomic mass is 10.2. The Kier molecular flexibility index (Phi) is 4.28. The second kappa shape index (κ2) is 5.93. The van der Waals surface area contributed by atoms with Crippen molar-refractivity contribution in [1.82, 2.24) is 20.1 Å². The van der Waals surface area contributed by atoms with Crippen molar-refractivity contribution in [2.75, 3.05) is 6.54 Å². The summed E-state index contributed by atoms with van der Waals surface area (Å²) in [5, 5.41) is 7.53. The molecule has 1 N–H and O–H groups in total. The molecule has 2 rings (SSSR count). The van der Waals surface area contributed by atoms with Crippen LogP contribution in [0.25, 0.3) is 0 Å². The van der Waals surface area contributed by atoms with E-state index in [1.165, 1.54) is 11.1 Å². The Labute approximate surface area is 109 Å². The Bertz CT molecular complexity index is 481. The van der Waals surface area contributed by atoms with Crippen molar-refractivity contribution >= 4 is 15.9 Å². The van der Waals surface area contributed by atoms with Gasteiger partial charge in [0.15, 0.2) is 0 Å². The summed E-state index contributed by atoms with van der Waals surface area (Å²) >= 11 is 3.41. The lowest BCUT2D eigenvalue weighted by molar-refractivity contribution is 0.684. The van der Waals surface area contributed by atoms with Crippen LogP contribution in [-0.4, -0.2) is 21.3 Å². The lowest BCUT2D eigenvalue weighted by Crippen LogP contribution is -2.16. The molecule has 0 spiro atoms. The molecule has 0 aliphatic rings. The average molecular weight is 295 g/mol. The molecular formula is C12H15BrN4. The third kappa shape index (κ3) is 3.94. The Morgan fingerprint density at radius 3 is 2.88 bits per heavy atom. The standard InChI is InChI=1S/C12H15BrN4/c1-17-9-10(7-16-17)2-3-14-5-11-4-12(13)8-15-6-11/h4,6-9,14H,2-3,5H2,1H3. The molecule has 2 aromatic heterocycles. The smallest absolute Gasteiger partial charge is 0.0522 e. The number of aryl methyl sites for hydroxylation is 1. The summed E-state index contributed by atoms with van der Waals surface area (Å²) in [6.45, 7) is 1.78. The van der Waals surface area contributed by atoms with E-state index in [2.05, 4.69) is 37.4 Å². The first-order valence-corrected chi connectivity index (χ1v) is 6.31. The molecule has 0 aliphatic carbocycles. The fraction of sp³-hybridized carbons (Fsp3) is 0.333. The SMILES string of the molecule is Cn1cc(CCNCc2cncc(Br)c2)cn1. The Hall–Kier alpha value is -1.20. The molecule has 5 heteroatoms. The number of hydrogen-bond donors (Lipinski definition) is 1. The summed E-state index contributed by atoms with van der Waals surface area (Å²) < 4.78 is 2.84. The van der Waals surface area contributed by atoms with Crippen molar-refractivity contribution < 1.29 is 0 Å². The van der Waals surface area contributed by atoms with Gasteiger partial charge in [-0.05, 0) is 46.1 Å². The summed E-state index contributed by atoms with van der Waals surface area (Å²) in [7, 11) is 1.93. The molecule has 0 saturated carbocycles. The maximum absolute atomic E-state index is 4.14. The summed E-state index contributed by atoms with van der Waals surface area (Å²) in [5.74, 6) is 0. The van der Waals surface area contributed by atoms with Crippen molar-refractivity contribution in [1.29, 1.82) is 0 Å². The highest BCUT2D eigenvalue weighted by Crippen LogP contribution is 2.09. The van der Waals surface area contributed by atoms with Gasteiger partial charge in [0.25, 0.3) is 0 Å². The van der Waals surface area contributed by atoms with Gasteiger partial charge >= 0.3 is 0 Å². The third-order valence-corrected chi connectivity index (χ3v) is 2.87. The summed E-state index contributed by atoms with van der Waals surface area (Å²) in [4.78, 5) is 4.12. The number of rotatable bonds is 5. The molecule has 0 aromatic carbocycles. The van der Waals surface area contributed by atoms with Crippen LogP contribution < -0.4 is 5.32 Å². The van der Waals surface area contributed by atoms with Crippen LogP contribution >= 0.6 is 15.9 Å². The zero-order valence-electron chi connectivity index (χ0n) is 9.73. The molecule has 90 valence electrons. The molecule has 2 aromatic rings. The van der Waals surface area contributed by atoms with Gasteiger partial charge in [-0.3, -0.25) is 9.67 Å². The maximum atomic E-state index is 4.14. The van der Waals surface area contributed by atoms with Gasteiger partial charge in [0, 0.05) is 36.7 Å². The van der Waals surface area contributed by atoms with Crippen LogP contribution in [0.3, 0.4) is 0 Å². The summed E-state index contributed by atoms with van der Waals surface area (Å²) in [5.41, 5.74) is 2.44. The zero-order valence-corrected chi connectivity index (χ0v) is 11.3. The van der Waals surface area contributed by atoms with Crippen molar-refractivity contribution in [3.63, 3.8) is 0 Å². The number of aromatic nitrogens is 3. The number of halogens is 1. The first-order chi connectivity index (χ1) is 8.24. The first kappa shape index (κ1) is 12.3. The van der Waals surface area contributed by atoms with E-state index in [0.29, 0.717) is 0 Å². The molecule has 0 aliphatic heterocycles. The zero-order chi connectivity index (χ0) is 12.1. The number of nitrogens with one attached hydrogen (secondary N) is 1. The van der Waals surface area contributed by atoms with E-state index in [9.17, 15) is 0 Å². The Morgan fingerprint density at radius 1 is 1.29 bits per heavy atom. The van der Waals surface area contributed by atoms with E-state index in [0.717, 1.165) is 24.0 Å². The largest absolute Gasteiger partial charge is 0.312 e. The molecule has 0 atom stereocenters. The van der Waals surface area contributed by atoms with Gasteiger partial charge in [-0.2, -0.15) is 5.10 Å². The molecule has 17 heavy (non-hydrogen) atoms. The summed E-state index contributed by atoms with van der Waals surface area (Å²) in [6.07, 6.45) is 8.61. The second-order valence-electron chi connectivity index (χ2n) is 3.96. The van der Waals surface area contributed by atoms with Crippen LogP contribution in [0.5, 0.6) is 0 Å². The van der Waals surface area contributed by atoms with Gasteiger partial charge in [-0.15, -0.1) is 0 Å². The number of hydrogen-bond acceptors (Lipinski definition) is 3. The molecule has 4 nitrogen and oxygen atoms in total. The molecule has 2 heterocycles. The van der Waals surface area contributed by atoms with Gasteiger partial charge in [0.2, 0.25) is 0 Å². The van der Waals surface area contributed by atoms with Crippen LogP contribution in [-0.2, 0) is 20.0 Å². The predicted octanol–water partition coefficient (Wildman–Crippen LogP) is 1.91. The molecule has 0 bridgehead atoms. The highest BCUT2D eigenvalue weighted by Gasteiger charge is 1.97. The van der Waals surface area contributed by atoms with E-state index in [4.69, 9.17) is 0 Å². The fourth-order valence-corrected chi connectivity index (χ4v) is 2.03. The average Bonchev–Trinajstić information content (AvgIpc) is 2.71. The van der Waals surface area contributed by atoms with Crippen molar-refractivity contribution in [2.24, 2.45) is 7.05 Å². The van der Waals surface area contributed by atoms with Crippen molar-refractivity contribution in [3.05, 3.63) is 46.5 Å². The molecule has 0 amide bonds. The minimum absolute atomic E-state index is 0.840. The Morgan fingerprint density at radius 2 is 2.18 bits per heavy atom. The minimum Gasteiger partial charge on any atom is -0.312 e. The maximum Gasteiger partial charge on any atom is 0.0522 e. The van der Waals surface area contributed by atoms with Gasteiger partial charge < -0.3 is 5.32 Å². The van der Waals surface area contributed by atoms with E-state index in [-0.39, 0.29) is 0 Å². The second-order valence-corrected chi connectivity index (χ2v) is 4.88. The fourth-order valence-electron chi connectivity index (χ4n) is 1.62. The molecule has 0 radical (unpaired) electrons. The monoisotopic (exact) mass is 294 g/mol. The topological polar surface area (TPSA) is 42.7 Å². The van der Waals surface area contributed by atoms with Gasteiger partial charge in [0.1, 0.15) is 0 Å². The van der Waals surface area contributed by atoms with E-state index >= 15 is 0 Å². The molecule has 0 fully saturated rings. The van der Waals surface area contributed by atoms with E-state index in [1.807, 2.05) is 30.3 Å². The van der Waals surface area contributed by atoms with Gasteiger partial charge in [-0.25, -0.2) is 0 Å². The molecule has 0 unspecified atom stereocenters. The highest BCUT2D eigenvalue weighted by atomic mass is 79.9. The van der Waals surface area contributed by atoms with Crippen LogP contribution in [0, 0.1) is 0 Å². The van der Waals surface area contributed by atoms with Gasteiger partial charge in [-0.1, -0.05) is 0 Å².